The molecule has 2 aliphatic heterocycles. The van der Waals surface area contributed by atoms with Gasteiger partial charge in [-0.3, -0.25) is 14.3 Å². The molecule has 0 spiro atoms. The second kappa shape index (κ2) is 14.5. The number of hydrogen-bond acceptors (Lipinski definition) is 6. The molecule has 1 amide bonds. The number of fused-ring (bicyclic) bond motifs is 1. The SMILES string of the molecule is CCC(C)CC(C(C)N1C(=O)/C(=C/C=C/C=C/C=C2/Sc3ccccc3N2C(C)C(C)CC)SC1=S)P(=O)(O)O. The molecule has 0 saturated carbocycles. The summed E-state index contributed by atoms with van der Waals surface area (Å²) in [6.45, 7) is 12.4. The highest BCUT2D eigenvalue weighted by Gasteiger charge is 2.44. The standard InChI is InChI=1S/C30H41N2O4PS3/c1-7-20(3)19-25(37(34,35)36)23(6)32-29(33)27(40-30(32)38)17-11-9-10-12-18-28-31(22(5)21(4)8-2)24-15-13-14-16-26(24)39-28/h9-18,20-23,25H,7-8,19H2,1-6H3,(H2,34,35,36)/b11-9+,12-10+,27-17-,28-18+. The molecule has 2 heterocycles. The number of thioether (sulfide) groups is 2. The third kappa shape index (κ3) is 7.81. The van der Waals surface area contributed by atoms with Crippen LogP contribution >= 0.6 is 43.3 Å². The lowest BCUT2D eigenvalue weighted by atomic mass is 9.99. The van der Waals surface area contributed by atoms with Crippen molar-refractivity contribution in [3.63, 3.8) is 0 Å². The van der Waals surface area contributed by atoms with Crippen LogP contribution in [-0.4, -0.2) is 42.7 Å². The summed E-state index contributed by atoms with van der Waals surface area (Å²) in [5.74, 6) is 0.365. The molecule has 2 aliphatic rings. The van der Waals surface area contributed by atoms with Crippen molar-refractivity contribution in [1.82, 2.24) is 4.90 Å². The first-order valence-electron chi connectivity index (χ1n) is 13.8. The minimum Gasteiger partial charge on any atom is -0.332 e. The van der Waals surface area contributed by atoms with Crippen LogP contribution in [0.4, 0.5) is 5.69 Å². The van der Waals surface area contributed by atoms with Crippen molar-refractivity contribution in [3.05, 3.63) is 70.7 Å². The van der Waals surface area contributed by atoms with Crippen molar-refractivity contribution in [1.29, 1.82) is 0 Å². The van der Waals surface area contributed by atoms with Crippen LogP contribution in [0, 0.1) is 11.8 Å². The van der Waals surface area contributed by atoms with Crippen LogP contribution in [0.2, 0.25) is 0 Å². The summed E-state index contributed by atoms with van der Waals surface area (Å²) in [5, 5.41) is 1.19. The fraction of sp³-hybridized carbons (Fsp3) is 0.467. The molecule has 1 aromatic carbocycles. The van der Waals surface area contributed by atoms with Gasteiger partial charge in [-0.2, -0.15) is 0 Å². The molecule has 6 nitrogen and oxygen atoms in total. The summed E-state index contributed by atoms with van der Waals surface area (Å²) in [7, 11) is -4.42. The van der Waals surface area contributed by atoms with Gasteiger partial charge >= 0.3 is 7.60 Å². The minimum atomic E-state index is -4.42. The average molecular weight is 621 g/mol. The van der Waals surface area contributed by atoms with E-state index in [1.165, 1.54) is 32.3 Å². The number of hydrogen-bond donors (Lipinski definition) is 2. The second-order valence-corrected chi connectivity index (χ2v) is 15.1. The zero-order valence-corrected chi connectivity index (χ0v) is 27.4. The molecule has 0 aromatic heterocycles. The molecule has 5 atom stereocenters. The smallest absolute Gasteiger partial charge is 0.330 e. The fourth-order valence-corrected chi connectivity index (χ4v) is 8.64. The molecule has 1 fully saturated rings. The third-order valence-corrected chi connectivity index (χ3v) is 11.8. The number of thiocarbonyl (C=S) groups is 1. The van der Waals surface area contributed by atoms with Gasteiger partial charge in [0, 0.05) is 17.0 Å². The van der Waals surface area contributed by atoms with E-state index in [1.54, 1.807) is 30.8 Å². The predicted molar refractivity (Wildman–Crippen MR) is 175 cm³/mol. The van der Waals surface area contributed by atoms with Crippen molar-refractivity contribution in [2.24, 2.45) is 11.8 Å². The molecule has 0 aliphatic carbocycles. The Labute approximate surface area is 253 Å². The van der Waals surface area contributed by atoms with Gasteiger partial charge in [-0.1, -0.05) is 113 Å². The largest absolute Gasteiger partial charge is 0.332 e. The number of allylic oxidation sites excluding steroid dienone is 6. The van der Waals surface area contributed by atoms with Crippen LogP contribution in [0.3, 0.4) is 0 Å². The number of carbonyl (C=O) groups excluding carboxylic acids is 1. The van der Waals surface area contributed by atoms with Gasteiger partial charge < -0.3 is 14.7 Å². The van der Waals surface area contributed by atoms with E-state index in [0.29, 0.717) is 27.6 Å². The quantitative estimate of drug-likeness (QED) is 0.105. The van der Waals surface area contributed by atoms with E-state index in [9.17, 15) is 19.1 Å². The highest BCUT2D eigenvalue weighted by atomic mass is 32.2. The average Bonchev–Trinajstić information content (AvgIpc) is 3.42. The summed E-state index contributed by atoms with van der Waals surface area (Å²) in [5.41, 5.74) is 0.287. The molecule has 218 valence electrons. The monoisotopic (exact) mass is 620 g/mol. The number of para-hydroxylation sites is 1. The van der Waals surface area contributed by atoms with Crippen LogP contribution in [0.5, 0.6) is 0 Å². The number of nitrogens with zero attached hydrogens (tertiary/aromatic N) is 2. The normalized spacial score (nSPS) is 22.1. The number of benzene rings is 1. The molecule has 10 heteroatoms. The van der Waals surface area contributed by atoms with Crippen molar-refractivity contribution in [3.8, 4) is 0 Å². The van der Waals surface area contributed by atoms with E-state index in [4.69, 9.17) is 12.2 Å². The molecule has 3 rings (SSSR count). The van der Waals surface area contributed by atoms with Crippen molar-refractivity contribution >= 4 is 59.3 Å². The zero-order chi connectivity index (χ0) is 29.6. The van der Waals surface area contributed by atoms with E-state index < -0.39 is 19.3 Å². The fourth-order valence-electron chi connectivity index (χ4n) is 4.77. The maximum atomic E-state index is 13.2. The number of amides is 1. The van der Waals surface area contributed by atoms with Crippen molar-refractivity contribution < 1.29 is 19.1 Å². The van der Waals surface area contributed by atoms with Crippen LogP contribution in [0.1, 0.15) is 60.8 Å². The maximum Gasteiger partial charge on any atom is 0.330 e. The number of carbonyl (C=O) groups is 1. The molecule has 1 saturated heterocycles. The van der Waals surface area contributed by atoms with Gasteiger partial charge in [-0.25, -0.2) is 0 Å². The van der Waals surface area contributed by atoms with E-state index in [2.05, 4.69) is 56.0 Å². The Kier molecular flexibility index (Phi) is 11.9. The number of anilines is 1. The molecule has 1 aromatic rings. The Balaban J connectivity index is 1.71. The summed E-state index contributed by atoms with van der Waals surface area (Å²) in [6.07, 6.45) is 13.7. The van der Waals surface area contributed by atoms with Gasteiger partial charge in [0.15, 0.2) is 0 Å². The van der Waals surface area contributed by atoms with Crippen LogP contribution in [0.25, 0.3) is 0 Å². The first-order valence-corrected chi connectivity index (χ1v) is 17.5. The van der Waals surface area contributed by atoms with E-state index in [0.717, 1.165) is 12.8 Å². The minimum absolute atomic E-state index is 0.126. The summed E-state index contributed by atoms with van der Waals surface area (Å²) in [4.78, 5) is 38.7. The lowest BCUT2D eigenvalue weighted by Crippen LogP contribution is -2.44. The first kappa shape index (κ1) is 32.9. The van der Waals surface area contributed by atoms with E-state index in [-0.39, 0.29) is 11.8 Å². The molecular weight excluding hydrogens is 580 g/mol. The Hall–Kier alpha value is -1.61. The van der Waals surface area contributed by atoms with E-state index >= 15 is 0 Å². The Morgan fingerprint density at radius 3 is 2.20 bits per heavy atom. The van der Waals surface area contributed by atoms with Gasteiger partial charge in [0.25, 0.3) is 5.91 Å². The summed E-state index contributed by atoms with van der Waals surface area (Å²) >= 11 is 8.39. The lowest BCUT2D eigenvalue weighted by Gasteiger charge is -2.32. The molecular formula is C30H41N2O4PS3. The highest BCUT2D eigenvalue weighted by Crippen LogP contribution is 2.49. The molecule has 2 N–H and O–H groups in total. The van der Waals surface area contributed by atoms with E-state index in [1.807, 2.05) is 32.1 Å². The Morgan fingerprint density at radius 2 is 1.57 bits per heavy atom. The van der Waals surface area contributed by atoms with Gasteiger partial charge in [-0.15, -0.1) is 0 Å². The number of rotatable bonds is 12. The van der Waals surface area contributed by atoms with Crippen LogP contribution in [-0.2, 0) is 9.36 Å². The molecule has 5 unspecified atom stereocenters. The molecule has 0 bridgehead atoms. The first-order chi connectivity index (χ1) is 18.9. The second-order valence-electron chi connectivity index (χ2n) is 10.6. The Bertz CT molecular complexity index is 1260. The summed E-state index contributed by atoms with van der Waals surface area (Å²) in [6, 6.07) is 8.16. The zero-order valence-electron chi connectivity index (χ0n) is 24.1. The van der Waals surface area contributed by atoms with Gasteiger partial charge in [0.05, 0.1) is 21.3 Å². The van der Waals surface area contributed by atoms with Crippen molar-refractivity contribution in [2.75, 3.05) is 4.90 Å². The van der Waals surface area contributed by atoms with Crippen LogP contribution < -0.4 is 4.90 Å². The van der Waals surface area contributed by atoms with Gasteiger partial charge in [0.2, 0.25) is 0 Å². The van der Waals surface area contributed by atoms with Crippen molar-refractivity contribution in [2.45, 2.75) is 83.4 Å². The lowest BCUT2D eigenvalue weighted by molar-refractivity contribution is -0.123. The highest BCUT2D eigenvalue weighted by molar-refractivity contribution is 8.26. The topological polar surface area (TPSA) is 81.1 Å². The predicted octanol–water partition coefficient (Wildman–Crippen LogP) is 8.10. The third-order valence-electron chi connectivity index (χ3n) is 7.83. The van der Waals surface area contributed by atoms with Gasteiger partial charge in [-0.05, 0) is 56.4 Å². The maximum absolute atomic E-state index is 13.2. The van der Waals surface area contributed by atoms with Crippen LogP contribution in [0.15, 0.2) is 75.6 Å². The van der Waals surface area contributed by atoms with Gasteiger partial charge in [0.1, 0.15) is 4.32 Å². The molecule has 40 heavy (non-hydrogen) atoms. The Morgan fingerprint density at radius 1 is 0.925 bits per heavy atom. The molecule has 0 radical (unpaired) electrons. The summed E-state index contributed by atoms with van der Waals surface area (Å²) < 4.78 is 12.6.